The van der Waals surface area contributed by atoms with E-state index in [2.05, 4.69) is 23.0 Å². The number of aromatic nitrogens is 2. The van der Waals surface area contributed by atoms with Crippen LogP contribution in [0.3, 0.4) is 0 Å². The number of hydrogen-bond donors (Lipinski definition) is 2. The Balaban J connectivity index is 2.02. The molecule has 0 aliphatic carbocycles. The van der Waals surface area contributed by atoms with E-state index >= 15 is 0 Å². The number of hydrogen-bond acceptors (Lipinski definition) is 3. The summed E-state index contributed by atoms with van der Waals surface area (Å²) in [6.07, 6.45) is 5.19. The van der Waals surface area contributed by atoms with Crippen LogP contribution in [0, 0.1) is 5.82 Å². The lowest BCUT2D eigenvalue weighted by atomic mass is 10.1. The molecule has 2 aromatic rings. The molecule has 1 amide bonds. The number of benzene rings is 1. The molecule has 0 unspecified atom stereocenters. The number of unbranched alkanes of at least 4 members (excludes halogenated alkanes) is 3. The van der Waals surface area contributed by atoms with Crippen molar-refractivity contribution >= 4 is 18.5 Å². The zero-order valence-corrected chi connectivity index (χ0v) is 15.6. The largest absolute Gasteiger partial charge is 0.351 e. The summed E-state index contributed by atoms with van der Waals surface area (Å²) in [5.41, 5.74) is 2.04. The predicted molar refractivity (Wildman–Crippen MR) is 103 cm³/mol. The predicted octanol–water partition coefficient (Wildman–Crippen LogP) is 4.32. The van der Waals surface area contributed by atoms with E-state index in [1.807, 2.05) is 6.92 Å². The Morgan fingerprint density at radius 3 is 2.60 bits per heavy atom. The lowest BCUT2D eigenvalue weighted by Gasteiger charge is -2.07. The van der Waals surface area contributed by atoms with Crippen molar-refractivity contribution in [2.75, 3.05) is 12.3 Å². The van der Waals surface area contributed by atoms with Gasteiger partial charge in [-0.2, -0.15) is 17.7 Å². The molecule has 4 nitrogen and oxygen atoms in total. The van der Waals surface area contributed by atoms with E-state index in [-0.39, 0.29) is 11.7 Å². The van der Waals surface area contributed by atoms with Crippen molar-refractivity contribution in [2.24, 2.45) is 0 Å². The smallest absolute Gasteiger partial charge is 0.269 e. The Labute approximate surface area is 154 Å². The van der Waals surface area contributed by atoms with Crippen LogP contribution in [-0.4, -0.2) is 28.0 Å². The molecule has 1 heterocycles. The quantitative estimate of drug-likeness (QED) is 0.488. The van der Waals surface area contributed by atoms with Gasteiger partial charge in [0.05, 0.1) is 5.69 Å². The van der Waals surface area contributed by atoms with Gasteiger partial charge in [-0.05, 0) is 55.3 Å². The standard InChI is InChI=1S/C19H26FN3OS/c1-2-12-23-18(19(24)21-11-5-3-4-6-13-25)14-17(22-23)15-7-9-16(20)10-8-15/h7-10,14,25H,2-6,11-13H2,1H3,(H,21,24). The van der Waals surface area contributed by atoms with Crippen LogP contribution < -0.4 is 5.32 Å². The number of nitrogens with zero attached hydrogens (tertiary/aromatic N) is 2. The Morgan fingerprint density at radius 1 is 1.20 bits per heavy atom. The summed E-state index contributed by atoms with van der Waals surface area (Å²) in [5.74, 6) is 0.519. The van der Waals surface area contributed by atoms with Gasteiger partial charge in [-0.15, -0.1) is 0 Å². The van der Waals surface area contributed by atoms with E-state index in [0.29, 0.717) is 24.5 Å². The van der Waals surface area contributed by atoms with Crippen LogP contribution in [-0.2, 0) is 6.54 Å². The van der Waals surface area contributed by atoms with Crippen LogP contribution in [0.25, 0.3) is 11.3 Å². The summed E-state index contributed by atoms with van der Waals surface area (Å²) < 4.78 is 14.8. The SMILES string of the molecule is CCCn1nc(-c2ccc(F)cc2)cc1C(=O)NCCCCCCS. The van der Waals surface area contributed by atoms with Crippen molar-refractivity contribution in [3.05, 3.63) is 41.8 Å². The molecule has 0 aliphatic heterocycles. The fraction of sp³-hybridized carbons (Fsp3) is 0.474. The summed E-state index contributed by atoms with van der Waals surface area (Å²) >= 11 is 4.19. The molecule has 6 heteroatoms. The molecule has 2 rings (SSSR count). The fourth-order valence-corrected chi connectivity index (χ4v) is 2.85. The van der Waals surface area contributed by atoms with E-state index in [4.69, 9.17) is 0 Å². The topological polar surface area (TPSA) is 46.9 Å². The lowest BCUT2D eigenvalue weighted by Crippen LogP contribution is -2.27. The van der Waals surface area contributed by atoms with E-state index in [9.17, 15) is 9.18 Å². The first kappa shape index (κ1) is 19.5. The second kappa shape index (κ2) is 10.2. The van der Waals surface area contributed by atoms with Crippen molar-refractivity contribution in [3.63, 3.8) is 0 Å². The van der Waals surface area contributed by atoms with Crippen LogP contribution in [0.5, 0.6) is 0 Å². The van der Waals surface area contributed by atoms with Crippen LogP contribution >= 0.6 is 12.6 Å². The molecule has 0 spiro atoms. The number of rotatable bonds is 10. The van der Waals surface area contributed by atoms with Crippen LogP contribution in [0.15, 0.2) is 30.3 Å². The monoisotopic (exact) mass is 363 g/mol. The number of nitrogens with one attached hydrogen (secondary N) is 1. The number of amides is 1. The van der Waals surface area contributed by atoms with E-state index in [1.165, 1.54) is 12.1 Å². The molecular weight excluding hydrogens is 337 g/mol. The molecule has 0 aliphatic rings. The maximum absolute atomic E-state index is 13.1. The molecule has 136 valence electrons. The highest BCUT2D eigenvalue weighted by molar-refractivity contribution is 7.80. The minimum absolute atomic E-state index is 0.108. The normalized spacial score (nSPS) is 10.8. The first-order chi connectivity index (χ1) is 12.2. The summed E-state index contributed by atoms with van der Waals surface area (Å²) in [6, 6.07) is 7.94. The van der Waals surface area contributed by atoms with Gasteiger partial charge in [0, 0.05) is 18.7 Å². The lowest BCUT2D eigenvalue weighted by molar-refractivity contribution is 0.0942. The Kier molecular flexibility index (Phi) is 7.98. The highest BCUT2D eigenvalue weighted by Crippen LogP contribution is 2.20. The molecule has 0 bridgehead atoms. The van der Waals surface area contributed by atoms with Crippen molar-refractivity contribution in [3.8, 4) is 11.3 Å². The number of carbonyl (C=O) groups is 1. The number of halogens is 1. The van der Waals surface area contributed by atoms with Gasteiger partial charge in [0.1, 0.15) is 11.5 Å². The van der Waals surface area contributed by atoms with Gasteiger partial charge in [0.15, 0.2) is 0 Å². The Hall–Kier alpha value is -1.82. The number of aryl methyl sites for hydroxylation is 1. The maximum Gasteiger partial charge on any atom is 0.269 e. The third-order valence-corrected chi connectivity index (χ3v) is 4.27. The fourth-order valence-electron chi connectivity index (χ4n) is 2.63. The molecule has 0 saturated carbocycles. The molecule has 0 fully saturated rings. The van der Waals surface area contributed by atoms with E-state index in [0.717, 1.165) is 43.4 Å². The van der Waals surface area contributed by atoms with Gasteiger partial charge < -0.3 is 5.32 Å². The molecule has 0 radical (unpaired) electrons. The number of thiol groups is 1. The average molecular weight is 364 g/mol. The van der Waals surface area contributed by atoms with Crippen molar-refractivity contribution in [2.45, 2.75) is 45.6 Å². The van der Waals surface area contributed by atoms with Gasteiger partial charge in [-0.1, -0.05) is 19.8 Å². The minimum atomic E-state index is -0.285. The highest BCUT2D eigenvalue weighted by atomic mass is 32.1. The van der Waals surface area contributed by atoms with Gasteiger partial charge >= 0.3 is 0 Å². The second-order valence-electron chi connectivity index (χ2n) is 6.04. The first-order valence-corrected chi connectivity index (χ1v) is 9.51. The summed E-state index contributed by atoms with van der Waals surface area (Å²) in [5, 5.41) is 7.48. The van der Waals surface area contributed by atoms with Crippen molar-refractivity contribution in [1.29, 1.82) is 0 Å². The molecule has 0 atom stereocenters. The molecule has 0 saturated heterocycles. The zero-order chi connectivity index (χ0) is 18.1. The van der Waals surface area contributed by atoms with E-state index < -0.39 is 0 Å². The van der Waals surface area contributed by atoms with Crippen molar-refractivity contribution in [1.82, 2.24) is 15.1 Å². The van der Waals surface area contributed by atoms with Gasteiger partial charge in [0.25, 0.3) is 5.91 Å². The molecular formula is C19H26FN3OS. The Morgan fingerprint density at radius 2 is 1.92 bits per heavy atom. The first-order valence-electron chi connectivity index (χ1n) is 8.88. The molecule has 1 aromatic heterocycles. The van der Waals surface area contributed by atoms with Gasteiger partial charge in [-0.3, -0.25) is 9.48 Å². The van der Waals surface area contributed by atoms with Crippen LogP contribution in [0.4, 0.5) is 4.39 Å². The zero-order valence-electron chi connectivity index (χ0n) is 14.7. The van der Waals surface area contributed by atoms with Crippen LogP contribution in [0.2, 0.25) is 0 Å². The van der Waals surface area contributed by atoms with Crippen LogP contribution in [0.1, 0.15) is 49.5 Å². The van der Waals surface area contributed by atoms with E-state index in [1.54, 1.807) is 22.9 Å². The molecule has 1 N–H and O–H groups in total. The number of carbonyl (C=O) groups excluding carboxylic acids is 1. The minimum Gasteiger partial charge on any atom is -0.351 e. The third kappa shape index (κ3) is 5.88. The summed E-state index contributed by atoms with van der Waals surface area (Å²) in [6.45, 7) is 3.38. The average Bonchev–Trinajstić information content (AvgIpc) is 3.03. The summed E-state index contributed by atoms with van der Waals surface area (Å²) in [7, 11) is 0. The third-order valence-electron chi connectivity index (χ3n) is 3.96. The highest BCUT2D eigenvalue weighted by Gasteiger charge is 2.15. The van der Waals surface area contributed by atoms with Gasteiger partial charge in [0.2, 0.25) is 0 Å². The molecule has 25 heavy (non-hydrogen) atoms. The summed E-state index contributed by atoms with van der Waals surface area (Å²) in [4.78, 5) is 12.5. The maximum atomic E-state index is 13.1. The van der Waals surface area contributed by atoms with Crippen molar-refractivity contribution < 1.29 is 9.18 Å². The second-order valence-corrected chi connectivity index (χ2v) is 6.49. The molecule has 1 aromatic carbocycles. The van der Waals surface area contributed by atoms with Gasteiger partial charge in [-0.25, -0.2) is 4.39 Å². The Bertz CT molecular complexity index is 670.